The highest BCUT2D eigenvalue weighted by Gasteiger charge is 2.42. The normalized spacial score (nSPS) is 24.8. The minimum atomic E-state index is -0.587. The van der Waals surface area contributed by atoms with E-state index in [0.717, 1.165) is 69.9 Å². The molecule has 0 aromatic heterocycles. The van der Waals surface area contributed by atoms with Crippen molar-refractivity contribution in [1.82, 2.24) is 15.1 Å². The van der Waals surface area contributed by atoms with E-state index in [0.29, 0.717) is 30.2 Å². The fraction of sp³-hybridized carbons (Fsp3) is 0.413. The van der Waals surface area contributed by atoms with Gasteiger partial charge in [0.2, 0.25) is 11.8 Å². The molecule has 9 heteroatoms. The molecule has 0 spiro atoms. The van der Waals surface area contributed by atoms with Crippen LogP contribution in [0.3, 0.4) is 0 Å². The smallest absolute Gasteiger partial charge is 0.255 e. The van der Waals surface area contributed by atoms with Crippen molar-refractivity contribution in [3.63, 3.8) is 0 Å². The van der Waals surface area contributed by atoms with Crippen molar-refractivity contribution in [2.45, 2.75) is 69.4 Å². The van der Waals surface area contributed by atoms with Crippen LogP contribution < -0.4 is 15.1 Å². The molecule has 0 unspecified atom stereocenters. The number of aromatic hydroxyl groups is 1. The number of phenolic OH excluding ortho intramolecular Hbond substituents is 1. The number of anilines is 2. The van der Waals surface area contributed by atoms with Crippen LogP contribution in [-0.4, -0.2) is 84.5 Å². The number of aryl methyl sites for hydroxylation is 1. The highest BCUT2D eigenvalue weighted by atomic mass is 16.3. The Balaban J connectivity index is 0.790. The molecule has 4 aliphatic heterocycles. The van der Waals surface area contributed by atoms with Gasteiger partial charge in [-0.3, -0.25) is 24.6 Å². The number of phenols is 1. The Hall–Kier alpha value is -5.15. The van der Waals surface area contributed by atoms with E-state index in [4.69, 9.17) is 0 Å². The summed E-state index contributed by atoms with van der Waals surface area (Å²) < 4.78 is 0. The third kappa shape index (κ3) is 6.77. The van der Waals surface area contributed by atoms with Gasteiger partial charge in [-0.1, -0.05) is 55.5 Å². The van der Waals surface area contributed by atoms with Crippen molar-refractivity contribution in [2.24, 2.45) is 5.92 Å². The van der Waals surface area contributed by atoms with Crippen LogP contribution in [0.15, 0.2) is 91.0 Å². The molecule has 3 amide bonds. The summed E-state index contributed by atoms with van der Waals surface area (Å²) in [6, 6.07) is 31.8. The van der Waals surface area contributed by atoms with Gasteiger partial charge in [-0.05, 0) is 108 Å². The molecule has 0 bridgehead atoms. The average molecular weight is 738 g/mol. The van der Waals surface area contributed by atoms with Gasteiger partial charge in [0.25, 0.3) is 5.91 Å². The number of amides is 3. The van der Waals surface area contributed by atoms with Crippen molar-refractivity contribution >= 4 is 29.1 Å². The Morgan fingerprint density at radius 2 is 1.47 bits per heavy atom. The fourth-order valence-electron chi connectivity index (χ4n) is 10.2. The minimum Gasteiger partial charge on any atom is -0.508 e. The lowest BCUT2D eigenvalue weighted by molar-refractivity contribution is -0.136. The molecule has 4 heterocycles. The zero-order valence-corrected chi connectivity index (χ0v) is 31.8. The van der Waals surface area contributed by atoms with Gasteiger partial charge in [0.05, 0.1) is 0 Å². The Bertz CT molecular complexity index is 2090. The lowest BCUT2D eigenvalue weighted by Gasteiger charge is -2.44. The first-order chi connectivity index (χ1) is 26.7. The second kappa shape index (κ2) is 14.5. The highest BCUT2D eigenvalue weighted by molar-refractivity contribution is 6.05. The SMILES string of the molecule is C[C@]1(c2ccccc2)CCc2cc(O)ccc2[C@@H]1c1ccc(N2CCC(CN3CCN(c4ccc5c(c4)CN([C@H]4CCC(=O)NC4=O)C5=O)CC3)CC2)cc1. The fourth-order valence-corrected chi connectivity index (χ4v) is 10.2. The van der Waals surface area contributed by atoms with Gasteiger partial charge in [0.15, 0.2) is 0 Å². The predicted octanol–water partition coefficient (Wildman–Crippen LogP) is 6.23. The summed E-state index contributed by atoms with van der Waals surface area (Å²) >= 11 is 0. The largest absolute Gasteiger partial charge is 0.508 e. The highest BCUT2D eigenvalue weighted by Crippen LogP contribution is 2.51. The maximum Gasteiger partial charge on any atom is 0.255 e. The number of imide groups is 1. The Morgan fingerprint density at radius 3 is 2.22 bits per heavy atom. The van der Waals surface area contributed by atoms with E-state index >= 15 is 0 Å². The Morgan fingerprint density at radius 1 is 0.745 bits per heavy atom. The van der Waals surface area contributed by atoms with E-state index in [9.17, 15) is 19.5 Å². The van der Waals surface area contributed by atoms with Crippen LogP contribution in [0.1, 0.15) is 83.1 Å². The standard InChI is InChI=1S/C46H51N5O4/c1-46(35-5-3-2-4-6-35)20-17-33-28-38(52)12-14-39(33)43(46)32-7-9-36(10-8-32)49-21-18-31(19-22-49)29-48-23-25-50(26-24-48)37-11-13-40-34(27-37)30-51(45(40)55)41-15-16-42(53)47-44(41)54/h2-14,27-28,31,41,43,52H,15-26,29-30H2,1H3,(H,47,53,54)/t41-,43-,46+/m0/s1. The first-order valence-corrected chi connectivity index (χ1v) is 20.2. The molecule has 9 rings (SSSR count). The van der Waals surface area contributed by atoms with Crippen LogP contribution in [0.2, 0.25) is 0 Å². The zero-order valence-electron chi connectivity index (χ0n) is 31.8. The van der Waals surface area contributed by atoms with E-state index < -0.39 is 6.04 Å². The summed E-state index contributed by atoms with van der Waals surface area (Å²) in [6.45, 7) is 10.0. The van der Waals surface area contributed by atoms with E-state index in [2.05, 4.69) is 93.7 Å². The lowest BCUT2D eigenvalue weighted by Crippen LogP contribution is -2.52. The first kappa shape index (κ1) is 35.5. The van der Waals surface area contributed by atoms with Crippen molar-refractivity contribution < 1.29 is 19.5 Å². The number of rotatable bonds is 7. The zero-order chi connectivity index (χ0) is 37.7. The van der Waals surface area contributed by atoms with Crippen molar-refractivity contribution in [3.8, 4) is 5.75 Å². The second-order valence-corrected chi connectivity index (χ2v) is 16.7. The minimum absolute atomic E-state index is 0.0422. The number of benzene rings is 4. The van der Waals surface area contributed by atoms with Gasteiger partial charge in [0.1, 0.15) is 11.8 Å². The number of carbonyl (C=O) groups is 3. The molecule has 0 radical (unpaired) electrons. The van der Waals surface area contributed by atoms with Gasteiger partial charge < -0.3 is 19.8 Å². The monoisotopic (exact) mass is 737 g/mol. The number of piperazine rings is 1. The van der Waals surface area contributed by atoms with Crippen LogP contribution in [-0.2, 0) is 28.0 Å². The van der Waals surface area contributed by atoms with Crippen LogP contribution in [0.4, 0.5) is 11.4 Å². The molecular weight excluding hydrogens is 687 g/mol. The van der Waals surface area contributed by atoms with Gasteiger partial charge in [-0.25, -0.2) is 0 Å². The van der Waals surface area contributed by atoms with E-state index in [1.54, 1.807) is 4.90 Å². The molecule has 5 aliphatic rings. The van der Waals surface area contributed by atoms with Gasteiger partial charge in [-0.2, -0.15) is 0 Å². The summed E-state index contributed by atoms with van der Waals surface area (Å²) in [5.74, 6) is 0.486. The molecule has 1 aliphatic carbocycles. The molecule has 3 atom stereocenters. The average Bonchev–Trinajstić information content (AvgIpc) is 3.53. The van der Waals surface area contributed by atoms with E-state index in [1.807, 2.05) is 24.3 Å². The van der Waals surface area contributed by atoms with Crippen molar-refractivity contribution in [3.05, 3.63) is 124 Å². The number of hydrogen-bond donors (Lipinski definition) is 2. The summed E-state index contributed by atoms with van der Waals surface area (Å²) in [4.78, 5) is 46.5. The molecular formula is C46H51N5O4. The first-order valence-electron chi connectivity index (χ1n) is 20.2. The number of fused-ring (bicyclic) bond motifs is 2. The quantitative estimate of drug-likeness (QED) is 0.217. The maximum absolute atomic E-state index is 13.2. The van der Waals surface area contributed by atoms with E-state index in [-0.39, 0.29) is 35.5 Å². The Kier molecular flexibility index (Phi) is 9.37. The molecule has 284 valence electrons. The summed E-state index contributed by atoms with van der Waals surface area (Å²) in [5, 5.41) is 12.7. The lowest BCUT2D eigenvalue weighted by atomic mass is 9.59. The molecule has 2 N–H and O–H groups in total. The van der Waals surface area contributed by atoms with Crippen molar-refractivity contribution in [1.29, 1.82) is 0 Å². The third-order valence-corrected chi connectivity index (χ3v) is 13.4. The topological polar surface area (TPSA) is 96.4 Å². The summed E-state index contributed by atoms with van der Waals surface area (Å²) in [7, 11) is 0. The maximum atomic E-state index is 13.2. The molecule has 4 aromatic carbocycles. The van der Waals surface area contributed by atoms with Gasteiger partial charge in [0, 0.05) is 87.0 Å². The van der Waals surface area contributed by atoms with Gasteiger partial charge in [-0.15, -0.1) is 0 Å². The number of carbonyl (C=O) groups excluding carboxylic acids is 3. The molecule has 3 fully saturated rings. The number of piperidine rings is 2. The third-order valence-electron chi connectivity index (χ3n) is 13.4. The van der Waals surface area contributed by atoms with E-state index in [1.165, 1.54) is 40.8 Å². The molecule has 9 nitrogen and oxygen atoms in total. The predicted molar refractivity (Wildman–Crippen MR) is 215 cm³/mol. The van der Waals surface area contributed by atoms with Crippen LogP contribution in [0.5, 0.6) is 5.75 Å². The van der Waals surface area contributed by atoms with Crippen LogP contribution >= 0.6 is 0 Å². The molecule has 0 saturated carbocycles. The number of nitrogens with zero attached hydrogens (tertiary/aromatic N) is 4. The summed E-state index contributed by atoms with van der Waals surface area (Å²) in [5.41, 5.74) is 9.30. The van der Waals surface area contributed by atoms with Crippen LogP contribution in [0, 0.1) is 5.92 Å². The second-order valence-electron chi connectivity index (χ2n) is 16.7. The number of hydrogen-bond acceptors (Lipinski definition) is 7. The number of nitrogens with one attached hydrogen (secondary N) is 1. The van der Waals surface area contributed by atoms with Crippen molar-refractivity contribution in [2.75, 3.05) is 55.6 Å². The van der Waals surface area contributed by atoms with Gasteiger partial charge >= 0.3 is 0 Å². The van der Waals surface area contributed by atoms with Crippen LogP contribution in [0.25, 0.3) is 0 Å². The molecule has 55 heavy (non-hydrogen) atoms. The summed E-state index contributed by atoms with van der Waals surface area (Å²) in [6.07, 6.45) is 5.02. The molecule has 3 saturated heterocycles. The molecule has 4 aromatic rings. The Labute approximate surface area is 323 Å².